The Hall–Kier alpha value is -1.39. The van der Waals surface area contributed by atoms with Gasteiger partial charge in [0, 0.05) is 6.42 Å². The van der Waals surface area contributed by atoms with Crippen molar-refractivity contribution in [2.75, 3.05) is 0 Å². The zero-order valence-corrected chi connectivity index (χ0v) is 12.3. The summed E-state index contributed by atoms with van der Waals surface area (Å²) in [4.78, 5) is 0. The van der Waals surface area contributed by atoms with Crippen molar-refractivity contribution >= 4 is 0 Å². The second-order valence-electron chi connectivity index (χ2n) is 4.84. The summed E-state index contributed by atoms with van der Waals surface area (Å²) in [7, 11) is 0. The van der Waals surface area contributed by atoms with Crippen LogP contribution in [0.25, 0.3) is 0 Å². The smallest absolute Gasteiger partial charge is 0.225 e. The minimum Gasteiger partial charge on any atom is -0.493 e. The number of hydrogen-bond donors (Lipinski definition) is 1. The van der Waals surface area contributed by atoms with Crippen molar-refractivity contribution in [2.24, 2.45) is 0 Å². The first-order valence-corrected chi connectivity index (χ1v) is 6.82. The first-order valence-electron chi connectivity index (χ1n) is 6.82. The molecule has 0 saturated carbocycles. The number of rotatable bonds is 8. The fourth-order valence-electron chi connectivity index (χ4n) is 1.66. The monoisotopic (exact) mass is 282 g/mol. The van der Waals surface area contributed by atoms with Crippen molar-refractivity contribution < 1.29 is 19.0 Å². The topological polar surface area (TPSA) is 38.7 Å². The number of aliphatic hydroxyl groups is 1. The molecule has 0 aliphatic rings. The highest BCUT2D eigenvalue weighted by Crippen LogP contribution is 2.16. The fourth-order valence-corrected chi connectivity index (χ4v) is 1.66. The standard InChI is InChI=1S/C16H23FO3/c1-4-14(10-15(18)16(17)20-12(2)3)19-11-13-8-6-5-7-9-13/h4-9,12,15-16,18H,10-11H2,1-3H3/b14-4+/t15?,16-/m0/s1. The van der Waals surface area contributed by atoms with Gasteiger partial charge >= 0.3 is 0 Å². The SMILES string of the molecule is C/C=C(\CC(O)[C@@H](F)OC(C)C)OCc1ccccc1. The summed E-state index contributed by atoms with van der Waals surface area (Å²) in [6.07, 6.45) is -1.37. The van der Waals surface area contributed by atoms with Crippen LogP contribution in [0, 0.1) is 0 Å². The summed E-state index contributed by atoms with van der Waals surface area (Å²) < 4.78 is 24.1. The molecular formula is C16H23FO3. The number of hydrogen-bond acceptors (Lipinski definition) is 3. The Labute approximate surface area is 120 Å². The van der Waals surface area contributed by atoms with Gasteiger partial charge in [-0.25, -0.2) is 4.39 Å². The highest BCUT2D eigenvalue weighted by atomic mass is 19.1. The minimum absolute atomic E-state index is 0.0945. The Bertz CT molecular complexity index is 403. The van der Waals surface area contributed by atoms with Crippen LogP contribution in [-0.2, 0) is 16.1 Å². The van der Waals surface area contributed by atoms with Crippen LogP contribution < -0.4 is 0 Å². The van der Waals surface area contributed by atoms with Gasteiger partial charge in [0.15, 0.2) is 0 Å². The third-order valence-electron chi connectivity index (χ3n) is 2.70. The van der Waals surface area contributed by atoms with Crippen LogP contribution in [0.15, 0.2) is 42.2 Å². The Kier molecular flexibility index (Phi) is 7.26. The van der Waals surface area contributed by atoms with Crippen LogP contribution in [0.2, 0.25) is 0 Å². The Morgan fingerprint density at radius 2 is 1.95 bits per heavy atom. The molecule has 1 N–H and O–H groups in total. The largest absolute Gasteiger partial charge is 0.493 e. The summed E-state index contributed by atoms with van der Waals surface area (Å²) in [5, 5.41) is 9.74. The first kappa shape index (κ1) is 16.7. The van der Waals surface area contributed by atoms with E-state index in [1.165, 1.54) is 0 Å². The van der Waals surface area contributed by atoms with Crippen molar-refractivity contribution in [3.8, 4) is 0 Å². The van der Waals surface area contributed by atoms with Crippen molar-refractivity contribution in [3.05, 3.63) is 47.7 Å². The van der Waals surface area contributed by atoms with Crippen LogP contribution >= 0.6 is 0 Å². The van der Waals surface area contributed by atoms with E-state index in [4.69, 9.17) is 9.47 Å². The molecule has 0 aliphatic heterocycles. The Balaban J connectivity index is 2.43. The molecule has 1 aromatic rings. The number of alkyl halides is 1. The van der Waals surface area contributed by atoms with Gasteiger partial charge in [0.2, 0.25) is 6.36 Å². The molecular weight excluding hydrogens is 259 g/mol. The number of benzene rings is 1. The molecule has 3 nitrogen and oxygen atoms in total. The fraction of sp³-hybridized carbons (Fsp3) is 0.500. The molecule has 2 atom stereocenters. The third-order valence-corrected chi connectivity index (χ3v) is 2.70. The summed E-state index contributed by atoms with van der Waals surface area (Å²) >= 11 is 0. The van der Waals surface area contributed by atoms with E-state index in [-0.39, 0.29) is 12.5 Å². The van der Waals surface area contributed by atoms with E-state index >= 15 is 0 Å². The minimum atomic E-state index is -1.70. The Morgan fingerprint density at radius 3 is 2.50 bits per heavy atom. The lowest BCUT2D eigenvalue weighted by atomic mass is 10.2. The van der Waals surface area contributed by atoms with Crippen LogP contribution in [0.3, 0.4) is 0 Å². The molecule has 1 rings (SSSR count). The van der Waals surface area contributed by atoms with Gasteiger partial charge in [0.25, 0.3) is 0 Å². The van der Waals surface area contributed by atoms with E-state index in [0.717, 1.165) is 5.56 Å². The molecule has 0 aliphatic carbocycles. The first-order chi connectivity index (χ1) is 9.52. The van der Waals surface area contributed by atoms with E-state index in [2.05, 4.69) is 0 Å². The summed E-state index contributed by atoms with van der Waals surface area (Å²) in [6, 6.07) is 9.68. The van der Waals surface area contributed by atoms with Gasteiger partial charge in [0.05, 0.1) is 11.9 Å². The molecule has 0 heterocycles. The van der Waals surface area contributed by atoms with Crippen molar-refractivity contribution in [2.45, 2.75) is 52.4 Å². The van der Waals surface area contributed by atoms with Gasteiger partial charge in [-0.1, -0.05) is 30.3 Å². The molecule has 1 unspecified atom stereocenters. The number of allylic oxidation sites excluding steroid dienone is 1. The van der Waals surface area contributed by atoms with Gasteiger partial charge < -0.3 is 14.6 Å². The van der Waals surface area contributed by atoms with Crippen molar-refractivity contribution in [1.82, 2.24) is 0 Å². The van der Waals surface area contributed by atoms with Crippen molar-refractivity contribution in [3.63, 3.8) is 0 Å². The van der Waals surface area contributed by atoms with Gasteiger partial charge in [-0.2, -0.15) is 0 Å². The van der Waals surface area contributed by atoms with E-state index in [0.29, 0.717) is 12.4 Å². The maximum absolute atomic E-state index is 13.6. The molecule has 1 aromatic carbocycles. The molecule has 0 spiro atoms. The van der Waals surface area contributed by atoms with Crippen LogP contribution in [0.1, 0.15) is 32.8 Å². The third kappa shape index (κ3) is 6.17. The molecule has 0 radical (unpaired) electrons. The van der Waals surface area contributed by atoms with E-state index in [1.54, 1.807) is 26.8 Å². The van der Waals surface area contributed by atoms with Gasteiger partial charge in [0.1, 0.15) is 12.7 Å². The van der Waals surface area contributed by atoms with Crippen LogP contribution in [0.4, 0.5) is 4.39 Å². The number of aliphatic hydroxyl groups excluding tert-OH is 1. The number of ether oxygens (including phenoxy) is 2. The molecule has 0 amide bonds. The normalized spacial score (nSPS) is 15.2. The lowest BCUT2D eigenvalue weighted by Crippen LogP contribution is -2.28. The predicted octanol–water partition coefficient (Wildman–Crippen LogP) is 3.58. The average Bonchev–Trinajstić information content (AvgIpc) is 2.43. The van der Waals surface area contributed by atoms with E-state index in [9.17, 15) is 9.50 Å². The maximum Gasteiger partial charge on any atom is 0.225 e. The predicted molar refractivity (Wildman–Crippen MR) is 76.7 cm³/mol. The molecule has 0 aromatic heterocycles. The van der Waals surface area contributed by atoms with Gasteiger partial charge in [-0.3, -0.25) is 0 Å². The molecule has 4 heteroatoms. The highest BCUT2D eigenvalue weighted by Gasteiger charge is 2.21. The molecule has 0 bridgehead atoms. The number of halogens is 1. The highest BCUT2D eigenvalue weighted by molar-refractivity contribution is 5.14. The molecule has 112 valence electrons. The summed E-state index contributed by atoms with van der Waals surface area (Å²) in [5.74, 6) is 0.552. The van der Waals surface area contributed by atoms with Gasteiger partial charge in [-0.05, 0) is 32.4 Å². The molecule has 20 heavy (non-hydrogen) atoms. The molecule has 0 fully saturated rings. The van der Waals surface area contributed by atoms with E-state index in [1.807, 2.05) is 30.3 Å². The average molecular weight is 282 g/mol. The second kappa shape index (κ2) is 8.72. The lowest BCUT2D eigenvalue weighted by molar-refractivity contribution is -0.136. The van der Waals surface area contributed by atoms with Gasteiger partial charge in [-0.15, -0.1) is 0 Å². The summed E-state index contributed by atoms with van der Waals surface area (Å²) in [5.41, 5.74) is 1.02. The summed E-state index contributed by atoms with van der Waals surface area (Å²) in [6.45, 7) is 5.64. The van der Waals surface area contributed by atoms with E-state index < -0.39 is 12.5 Å². The zero-order valence-electron chi connectivity index (χ0n) is 12.3. The Morgan fingerprint density at radius 1 is 1.30 bits per heavy atom. The van der Waals surface area contributed by atoms with Crippen molar-refractivity contribution in [1.29, 1.82) is 0 Å². The lowest BCUT2D eigenvalue weighted by Gasteiger charge is -2.20. The zero-order chi connectivity index (χ0) is 15.0. The second-order valence-corrected chi connectivity index (χ2v) is 4.84. The quantitative estimate of drug-likeness (QED) is 0.741. The van der Waals surface area contributed by atoms with Crippen LogP contribution in [-0.4, -0.2) is 23.7 Å². The maximum atomic E-state index is 13.6. The molecule has 0 saturated heterocycles. The van der Waals surface area contributed by atoms with Crippen LogP contribution in [0.5, 0.6) is 0 Å².